The Balaban J connectivity index is 1.83. The molecule has 1 aliphatic rings. The molecule has 0 saturated heterocycles. The zero-order valence-corrected chi connectivity index (χ0v) is 12.5. The van der Waals surface area contributed by atoms with Gasteiger partial charge < -0.3 is 10.1 Å². The van der Waals surface area contributed by atoms with Crippen molar-refractivity contribution in [2.45, 2.75) is 38.1 Å². The van der Waals surface area contributed by atoms with Crippen molar-refractivity contribution >= 4 is 11.6 Å². The minimum atomic E-state index is 0.675. The van der Waals surface area contributed by atoms with Gasteiger partial charge in [0.25, 0.3) is 0 Å². The molecular weight excluding hydrogens is 258 g/mol. The van der Waals surface area contributed by atoms with E-state index in [1.807, 2.05) is 12.1 Å². The number of hydrogen-bond donors (Lipinski definition) is 1. The summed E-state index contributed by atoms with van der Waals surface area (Å²) in [6.45, 7) is 1.97. The summed E-state index contributed by atoms with van der Waals surface area (Å²) in [5.74, 6) is 0.675. The average molecular weight is 282 g/mol. The summed E-state index contributed by atoms with van der Waals surface area (Å²) < 4.78 is 5.16. The van der Waals surface area contributed by atoms with Gasteiger partial charge in [0, 0.05) is 24.8 Å². The Kier molecular flexibility index (Phi) is 6.15. The molecule has 0 aliphatic heterocycles. The Bertz CT molecular complexity index is 379. The maximum absolute atomic E-state index is 6.06. The Labute approximate surface area is 121 Å². The highest BCUT2D eigenvalue weighted by Crippen LogP contribution is 2.21. The highest BCUT2D eigenvalue weighted by Gasteiger charge is 2.21. The van der Waals surface area contributed by atoms with Gasteiger partial charge in [0.2, 0.25) is 0 Å². The first kappa shape index (κ1) is 14.8. The predicted octanol–water partition coefficient (Wildman–Crippen LogP) is 3.68. The highest BCUT2D eigenvalue weighted by molar-refractivity contribution is 6.30. The van der Waals surface area contributed by atoms with Crippen LogP contribution in [0.4, 0.5) is 0 Å². The largest absolute Gasteiger partial charge is 0.385 e. The standard InChI is InChI=1S/C16H24ClNO/c1-19-9-3-5-14(12-18-16-7-8-16)10-13-4-2-6-15(17)11-13/h2,4,6,11,14,16,18H,3,5,7-10,12H2,1H3. The first-order valence-electron chi connectivity index (χ1n) is 7.24. The molecule has 2 rings (SSSR count). The molecule has 1 fully saturated rings. The van der Waals surface area contributed by atoms with Gasteiger partial charge in [-0.15, -0.1) is 0 Å². The molecule has 1 aromatic rings. The molecule has 0 amide bonds. The summed E-state index contributed by atoms with van der Waals surface area (Å²) in [4.78, 5) is 0. The molecule has 1 aliphatic carbocycles. The number of hydrogen-bond acceptors (Lipinski definition) is 2. The van der Waals surface area contributed by atoms with E-state index in [2.05, 4.69) is 17.4 Å². The Morgan fingerprint density at radius 2 is 2.26 bits per heavy atom. The average Bonchev–Trinajstić information content (AvgIpc) is 3.20. The lowest BCUT2D eigenvalue weighted by Gasteiger charge is -2.18. The predicted molar refractivity (Wildman–Crippen MR) is 80.8 cm³/mol. The van der Waals surface area contributed by atoms with Crippen LogP contribution in [-0.2, 0) is 11.2 Å². The molecular formula is C16H24ClNO. The number of rotatable bonds is 9. The van der Waals surface area contributed by atoms with E-state index in [9.17, 15) is 0 Å². The van der Waals surface area contributed by atoms with Gasteiger partial charge in [0.05, 0.1) is 0 Å². The van der Waals surface area contributed by atoms with Gasteiger partial charge in [0.15, 0.2) is 0 Å². The summed E-state index contributed by atoms with van der Waals surface area (Å²) in [6.07, 6.45) is 6.14. The van der Waals surface area contributed by atoms with Crippen molar-refractivity contribution < 1.29 is 4.74 Å². The SMILES string of the molecule is COCCCC(CNC1CC1)Cc1cccc(Cl)c1. The molecule has 2 nitrogen and oxygen atoms in total. The molecule has 1 atom stereocenters. The second kappa shape index (κ2) is 7.88. The molecule has 1 unspecified atom stereocenters. The lowest BCUT2D eigenvalue weighted by Crippen LogP contribution is -2.26. The molecule has 0 aromatic heterocycles. The fourth-order valence-corrected chi connectivity index (χ4v) is 2.62. The molecule has 0 bridgehead atoms. The number of nitrogens with one attached hydrogen (secondary N) is 1. The molecule has 0 spiro atoms. The van der Waals surface area contributed by atoms with Crippen molar-refractivity contribution in [2.24, 2.45) is 5.92 Å². The molecule has 3 heteroatoms. The maximum Gasteiger partial charge on any atom is 0.0462 e. The van der Waals surface area contributed by atoms with Gasteiger partial charge in [-0.3, -0.25) is 0 Å². The summed E-state index contributed by atoms with van der Waals surface area (Å²) in [5.41, 5.74) is 1.34. The van der Waals surface area contributed by atoms with Crippen molar-refractivity contribution in [1.82, 2.24) is 5.32 Å². The van der Waals surface area contributed by atoms with E-state index in [4.69, 9.17) is 16.3 Å². The fraction of sp³-hybridized carbons (Fsp3) is 0.625. The van der Waals surface area contributed by atoms with Gasteiger partial charge in [-0.05, 0) is 62.3 Å². The van der Waals surface area contributed by atoms with Crippen LogP contribution in [-0.4, -0.2) is 26.3 Å². The van der Waals surface area contributed by atoms with Crippen LogP contribution in [0.5, 0.6) is 0 Å². The van der Waals surface area contributed by atoms with Crippen molar-refractivity contribution in [3.8, 4) is 0 Å². The van der Waals surface area contributed by atoms with Crippen molar-refractivity contribution in [2.75, 3.05) is 20.3 Å². The van der Waals surface area contributed by atoms with Gasteiger partial charge in [-0.25, -0.2) is 0 Å². The van der Waals surface area contributed by atoms with E-state index in [-0.39, 0.29) is 0 Å². The highest BCUT2D eigenvalue weighted by atomic mass is 35.5. The summed E-state index contributed by atoms with van der Waals surface area (Å²) in [6, 6.07) is 9.02. The zero-order chi connectivity index (χ0) is 13.5. The topological polar surface area (TPSA) is 21.3 Å². The molecule has 106 valence electrons. The van der Waals surface area contributed by atoms with Gasteiger partial charge >= 0.3 is 0 Å². The van der Waals surface area contributed by atoms with Gasteiger partial charge in [0.1, 0.15) is 0 Å². The third kappa shape index (κ3) is 5.94. The smallest absolute Gasteiger partial charge is 0.0462 e. The molecule has 1 saturated carbocycles. The second-order valence-electron chi connectivity index (χ2n) is 5.52. The van der Waals surface area contributed by atoms with Crippen molar-refractivity contribution in [3.05, 3.63) is 34.9 Å². The van der Waals surface area contributed by atoms with Gasteiger partial charge in [-0.1, -0.05) is 23.7 Å². The zero-order valence-electron chi connectivity index (χ0n) is 11.7. The monoisotopic (exact) mass is 281 g/mol. The van der Waals surface area contributed by atoms with Gasteiger partial charge in [-0.2, -0.15) is 0 Å². The van der Waals surface area contributed by atoms with Crippen molar-refractivity contribution in [1.29, 1.82) is 0 Å². The molecule has 19 heavy (non-hydrogen) atoms. The van der Waals surface area contributed by atoms with Crippen LogP contribution in [0, 0.1) is 5.92 Å². The molecule has 1 N–H and O–H groups in total. The van der Waals surface area contributed by atoms with Crippen LogP contribution in [0.3, 0.4) is 0 Å². The minimum absolute atomic E-state index is 0.675. The Morgan fingerprint density at radius 1 is 1.42 bits per heavy atom. The third-order valence-corrected chi connectivity index (χ3v) is 3.88. The number of ether oxygens (including phenoxy) is 1. The number of halogens is 1. The van der Waals surface area contributed by atoms with Crippen LogP contribution in [0.25, 0.3) is 0 Å². The van der Waals surface area contributed by atoms with E-state index < -0.39 is 0 Å². The van der Waals surface area contributed by atoms with Crippen LogP contribution in [0.1, 0.15) is 31.2 Å². The first-order chi connectivity index (χ1) is 9.28. The minimum Gasteiger partial charge on any atom is -0.385 e. The van der Waals surface area contributed by atoms with Crippen LogP contribution < -0.4 is 5.32 Å². The number of benzene rings is 1. The van der Waals surface area contributed by atoms with Crippen LogP contribution >= 0.6 is 11.6 Å². The summed E-state index contributed by atoms with van der Waals surface area (Å²) in [5, 5.41) is 4.48. The van der Waals surface area contributed by atoms with Crippen LogP contribution in [0.2, 0.25) is 5.02 Å². The van der Waals surface area contributed by atoms with Crippen molar-refractivity contribution in [3.63, 3.8) is 0 Å². The first-order valence-corrected chi connectivity index (χ1v) is 7.62. The maximum atomic E-state index is 6.06. The molecule has 0 heterocycles. The second-order valence-corrected chi connectivity index (χ2v) is 5.95. The fourth-order valence-electron chi connectivity index (χ4n) is 2.41. The normalized spacial score (nSPS) is 16.5. The Hall–Kier alpha value is -0.570. The Morgan fingerprint density at radius 3 is 2.95 bits per heavy atom. The summed E-state index contributed by atoms with van der Waals surface area (Å²) >= 11 is 6.06. The van der Waals surface area contributed by atoms with Crippen LogP contribution in [0.15, 0.2) is 24.3 Å². The molecule has 1 aromatic carbocycles. The van der Waals surface area contributed by atoms with E-state index in [0.717, 1.165) is 37.1 Å². The lowest BCUT2D eigenvalue weighted by atomic mass is 9.94. The van der Waals surface area contributed by atoms with E-state index in [0.29, 0.717) is 5.92 Å². The van der Waals surface area contributed by atoms with E-state index in [1.165, 1.54) is 24.8 Å². The number of methoxy groups -OCH3 is 1. The third-order valence-electron chi connectivity index (χ3n) is 3.65. The quantitative estimate of drug-likeness (QED) is 0.697. The van der Waals surface area contributed by atoms with E-state index in [1.54, 1.807) is 7.11 Å². The van der Waals surface area contributed by atoms with E-state index >= 15 is 0 Å². The lowest BCUT2D eigenvalue weighted by molar-refractivity contribution is 0.186. The molecule has 0 radical (unpaired) electrons. The summed E-state index contributed by atoms with van der Waals surface area (Å²) in [7, 11) is 1.77.